The van der Waals surface area contributed by atoms with E-state index in [-0.39, 0.29) is 6.04 Å². The first-order chi connectivity index (χ1) is 9.20. The summed E-state index contributed by atoms with van der Waals surface area (Å²) >= 11 is 9.51. The molecular weight excluding hydrogens is 298 g/mol. The summed E-state index contributed by atoms with van der Waals surface area (Å²) in [5.74, 6) is 2.72. The first-order valence-electron chi connectivity index (χ1n) is 6.21. The van der Waals surface area contributed by atoms with E-state index >= 15 is 0 Å². The number of hydrogen-bond donors (Lipinski definition) is 1. The van der Waals surface area contributed by atoms with Crippen LogP contribution in [-0.4, -0.2) is 18.6 Å². The number of furan rings is 1. The van der Waals surface area contributed by atoms with E-state index in [4.69, 9.17) is 16.0 Å². The van der Waals surface area contributed by atoms with Crippen LogP contribution in [0, 0.1) is 5.92 Å². The topological polar surface area (TPSA) is 25.2 Å². The van der Waals surface area contributed by atoms with Crippen LogP contribution in [0.3, 0.4) is 0 Å². The van der Waals surface area contributed by atoms with Gasteiger partial charge in [0, 0.05) is 4.88 Å². The largest absolute Gasteiger partial charge is 0.467 e. The van der Waals surface area contributed by atoms with Crippen molar-refractivity contribution in [1.82, 2.24) is 5.32 Å². The van der Waals surface area contributed by atoms with Crippen LogP contribution in [-0.2, 0) is 0 Å². The molecule has 19 heavy (non-hydrogen) atoms. The lowest BCUT2D eigenvalue weighted by atomic mass is 10.1. The Bertz CT molecular complexity index is 483. The summed E-state index contributed by atoms with van der Waals surface area (Å²) in [4.78, 5) is 1.19. The Morgan fingerprint density at radius 3 is 2.84 bits per heavy atom. The van der Waals surface area contributed by atoms with Gasteiger partial charge in [-0.05, 0) is 48.7 Å². The van der Waals surface area contributed by atoms with Gasteiger partial charge in [-0.15, -0.1) is 11.3 Å². The highest BCUT2D eigenvalue weighted by molar-refractivity contribution is 7.98. The molecule has 0 aliphatic heterocycles. The third-order valence-electron chi connectivity index (χ3n) is 2.83. The highest BCUT2D eigenvalue weighted by Gasteiger charge is 2.19. The molecule has 0 fully saturated rings. The lowest BCUT2D eigenvalue weighted by Gasteiger charge is -2.18. The second-order valence-electron chi connectivity index (χ2n) is 4.56. The Balaban J connectivity index is 2.07. The van der Waals surface area contributed by atoms with Crippen LogP contribution < -0.4 is 5.32 Å². The van der Waals surface area contributed by atoms with Gasteiger partial charge in [-0.2, -0.15) is 11.8 Å². The zero-order chi connectivity index (χ0) is 13.7. The van der Waals surface area contributed by atoms with Crippen molar-refractivity contribution in [2.24, 2.45) is 5.92 Å². The molecule has 2 unspecified atom stereocenters. The first-order valence-corrected chi connectivity index (χ1v) is 8.80. The van der Waals surface area contributed by atoms with Gasteiger partial charge in [-0.25, -0.2) is 0 Å². The molecule has 1 N–H and O–H groups in total. The summed E-state index contributed by atoms with van der Waals surface area (Å²) in [6.45, 7) is 3.21. The maximum absolute atomic E-state index is 6.04. The van der Waals surface area contributed by atoms with Crippen molar-refractivity contribution in [2.75, 3.05) is 18.6 Å². The van der Waals surface area contributed by atoms with Crippen LogP contribution in [0.2, 0.25) is 4.34 Å². The second kappa shape index (κ2) is 7.39. The quantitative estimate of drug-likeness (QED) is 0.803. The van der Waals surface area contributed by atoms with Crippen LogP contribution in [0.1, 0.15) is 23.6 Å². The van der Waals surface area contributed by atoms with Crippen molar-refractivity contribution in [3.05, 3.63) is 45.5 Å². The van der Waals surface area contributed by atoms with Crippen molar-refractivity contribution >= 4 is 34.7 Å². The Morgan fingerprint density at radius 2 is 2.26 bits per heavy atom. The molecule has 2 aromatic rings. The number of rotatable bonds is 7. The highest BCUT2D eigenvalue weighted by atomic mass is 35.5. The lowest BCUT2D eigenvalue weighted by Crippen LogP contribution is -2.27. The molecule has 2 rings (SSSR count). The zero-order valence-electron chi connectivity index (χ0n) is 11.1. The molecule has 0 bridgehead atoms. The standard InChI is InChI=1S/C14H18ClNOS2/c1-10(9-18-2)8-16-14(11-4-3-7-17-11)12-5-6-13(15)19-12/h3-7,10,14,16H,8-9H2,1-2H3. The number of hydrogen-bond acceptors (Lipinski definition) is 4. The maximum atomic E-state index is 6.04. The molecule has 0 amide bonds. The maximum Gasteiger partial charge on any atom is 0.126 e. The average molecular weight is 316 g/mol. The van der Waals surface area contributed by atoms with Gasteiger partial charge in [0.2, 0.25) is 0 Å². The SMILES string of the molecule is CSCC(C)CNC(c1ccco1)c1ccc(Cl)s1. The Labute approximate surface area is 127 Å². The van der Waals surface area contributed by atoms with Gasteiger partial charge in [-0.3, -0.25) is 0 Å². The van der Waals surface area contributed by atoms with Gasteiger partial charge in [0.05, 0.1) is 10.6 Å². The predicted octanol–water partition coefficient (Wildman–Crippen LogP) is 4.67. The molecule has 0 saturated carbocycles. The molecule has 0 radical (unpaired) electrons. The number of nitrogens with one attached hydrogen (secondary N) is 1. The molecule has 2 aromatic heterocycles. The van der Waals surface area contributed by atoms with Crippen LogP contribution in [0.5, 0.6) is 0 Å². The van der Waals surface area contributed by atoms with E-state index in [2.05, 4.69) is 24.6 Å². The predicted molar refractivity (Wildman–Crippen MR) is 85.4 cm³/mol. The minimum Gasteiger partial charge on any atom is -0.467 e. The highest BCUT2D eigenvalue weighted by Crippen LogP contribution is 2.31. The fourth-order valence-electron chi connectivity index (χ4n) is 1.94. The summed E-state index contributed by atoms with van der Waals surface area (Å²) in [5.41, 5.74) is 0. The second-order valence-corrected chi connectivity index (χ2v) is 7.22. The Morgan fingerprint density at radius 1 is 1.42 bits per heavy atom. The van der Waals surface area contributed by atoms with E-state index in [0.717, 1.165) is 22.4 Å². The summed E-state index contributed by atoms with van der Waals surface area (Å²) in [6.07, 6.45) is 3.85. The molecule has 2 nitrogen and oxygen atoms in total. The lowest BCUT2D eigenvalue weighted by molar-refractivity contribution is 0.431. The molecule has 2 heterocycles. The van der Waals surface area contributed by atoms with Crippen molar-refractivity contribution in [2.45, 2.75) is 13.0 Å². The van der Waals surface area contributed by atoms with Crippen LogP contribution in [0.15, 0.2) is 34.9 Å². The Kier molecular flexibility index (Phi) is 5.82. The summed E-state index contributed by atoms with van der Waals surface area (Å²) in [7, 11) is 0. The van der Waals surface area contributed by atoms with Gasteiger partial charge in [0.1, 0.15) is 11.8 Å². The van der Waals surface area contributed by atoms with Gasteiger partial charge < -0.3 is 9.73 Å². The monoisotopic (exact) mass is 315 g/mol. The van der Waals surface area contributed by atoms with Gasteiger partial charge in [0.15, 0.2) is 0 Å². The van der Waals surface area contributed by atoms with Gasteiger partial charge in [-0.1, -0.05) is 18.5 Å². The van der Waals surface area contributed by atoms with Gasteiger partial charge in [0.25, 0.3) is 0 Å². The third kappa shape index (κ3) is 4.28. The van der Waals surface area contributed by atoms with Crippen LogP contribution in [0.4, 0.5) is 0 Å². The Hall–Kier alpha value is -0.420. The summed E-state index contributed by atoms with van der Waals surface area (Å²) < 4.78 is 6.36. The summed E-state index contributed by atoms with van der Waals surface area (Å²) in [5, 5.41) is 3.58. The van der Waals surface area contributed by atoms with E-state index in [9.17, 15) is 0 Å². The molecule has 5 heteroatoms. The molecule has 0 aromatic carbocycles. The zero-order valence-corrected chi connectivity index (χ0v) is 13.4. The van der Waals surface area contributed by atoms with E-state index in [1.165, 1.54) is 4.88 Å². The first kappa shape index (κ1) is 15.0. The molecule has 0 aliphatic rings. The molecule has 104 valence electrons. The van der Waals surface area contributed by atoms with Crippen molar-refractivity contribution in [1.29, 1.82) is 0 Å². The molecule has 0 aliphatic carbocycles. The molecule has 0 saturated heterocycles. The molecule has 0 spiro atoms. The third-order valence-corrected chi connectivity index (χ3v) is 5.03. The number of thiophene rings is 1. The van der Waals surface area contributed by atoms with E-state index in [0.29, 0.717) is 5.92 Å². The van der Waals surface area contributed by atoms with E-state index in [1.54, 1.807) is 17.6 Å². The minimum atomic E-state index is 0.0943. The van der Waals surface area contributed by atoms with E-state index in [1.807, 2.05) is 30.0 Å². The van der Waals surface area contributed by atoms with Crippen LogP contribution >= 0.6 is 34.7 Å². The minimum absolute atomic E-state index is 0.0943. The van der Waals surface area contributed by atoms with Crippen molar-refractivity contribution in [3.8, 4) is 0 Å². The fraction of sp³-hybridized carbons (Fsp3) is 0.429. The van der Waals surface area contributed by atoms with Gasteiger partial charge >= 0.3 is 0 Å². The van der Waals surface area contributed by atoms with E-state index < -0.39 is 0 Å². The number of thioether (sulfide) groups is 1. The average Bonchev–Trinajstić information content (AvgIpc) is 3.02. The summed E-state index contributed by atoms with van der Waals surface area (Å²) in [6, 6.07) is 8.02. The fourth-order valence-corrected chi connectivity index (χ4v) is 3.77. The smallest absolute Gasteiger partial charge is 0.126 e. The van der Waals surface area contributed by atoms with Crippen molar-refractivity contribution < 1.29 is 4.42 Å². The molecular formula is C14H18ClNOS2. The van der Waals surface area contributed by atoms with Crippen molar-refractivity contribution in [3.63, 3.8) is 0 Å². The van der Waals surface area contributed by atoms with Crippen LogP contribution in [0.25, 0.3) is 0 Å². The molecule has 2 atom stereocenters. The number of halogens is 1. The normalized spacial score (nSPS) is 14.5.